The molecule has 0 bridgehead atoms. The summed E-state index contributed by atoms with van der Waals surface area (Å²) in [4.78, 5) is 19.9. The Bertz CT molecular complexity index is 847. The average molecular weight is 384 g/mol. The maximum absolute atomic E-state index is 12.8. The third-order valence-corrected chi connectivity index (χ3v) is 4.89. The summed E-state index contributed by atoms with van der Waals surface area (Å²) in [7, 11) is 0. The first-order chi connectivity index (χ1) is 12.6. The zero-order valence-corrected chi connectivity index (χ0v) is 15.5. The molecule has 1 aliphatic heterocycles. The van der Waals surface area contributed by atoms with Crippen molar-refractivity contribution >= 4 is 11.7 Å². The fourth-order valence-electron chi connectivity index (χ4n) is 3.49. The molecule has 2 unspecified atom stereocenters. The number of piperidine rings is 1. The van der Waals surface area contributed by atoms with Crippen molar-refractivity contribution in [3.05, 3.63) is 22.8 Å². The first kappa shape index (κ1) is 19.5. The Morgan fingerprint density at radius 1 is 1.33 bits per heavy atom. The largest absolute Gasteiger partial charge is 0.453 e. The molecule has 1 aliphatic rings. The lowest BCUT2D eigenvalue weighted by Gasteiger charge is -2.28. The molecular weight excluding hydrogens is 361 g/mol. The molecule has 1 fully saturated rings. The van der Waals surface area contributed by atoms with Crippen LogP contribution in [0.5, 0.6) is 0 Å². The number of carbonyl (C=O) groups is 1. The van der Waals surface area contributed by atoms with Crippen LogP contribution in [-0.2, 0) is 17.4 Å². The summed E-state index contributed by atoms with van der Waals surface area (Å²) in [6, 6.07) is 0.525. The minimum atomic E-state index is -4.62. The van der Waals surface area contributed by atoms with Gasteiger partial charge in [0.15, 0.2) is 0 Å². The minimum Gasteiger partial charge on any atom is -0.353 e. The van der Waals surface area contributed by atoms with Gasteiger partial charge in [-0.15, -0.1) is 5.10 Å². The van der Waals surface area contributed by atoms with Crippen LogP contribution in [0.2, 0.25) is 0 Å². The van der Waals surface area contributed by atoms with Crippen molar-refractivity contribution in [3.63, 3.8) is 0 Å². The molecule has 3 rings (SSSR count). The van der Waals surface area contributed by atoms with E-state index in [0.29, 0.717) is 23.9 Å². The fourth-order valence-corrected chi connectivity index (χ4v) is 3.49. The number of hydrogen-bond donors (Lipinski definition) is 2. The number of halogens is 3. The highest BCUT2D eigenvalue weighted by atomic mass is 19.4. The number of fused-ring (bicyclic) bond motifs is 1. The SMILES string of the molecule is Cc1nc2nc(C(F)(F)F)nn2c(C)c1CCC(=O)NC1CCNC(C)C1. The van der Waals surface area contributed by atoms with Crippen molar-refractivity contribution < 1.29 is 18.0 Å². The van der Waals surface area contributed by atoms with E-state index in [1.54, 1.807) is 13.8 Å². The Balaban J connectivity index is 1.71. The Labute approximate surface area is 154 Å². The second kappa shape index (κ2) is 7.41. The summed E-state index contributed by atoms with van der Waals surface area (Å²) in [6.07, 6.45) is -2.22. The van der Waals surface area contributed by atoms with Gasteiger partial charge < -0.3 is 10.6 Å². The minimum absolute atomic E-state index is 0.0671. The van der Waals surface area contributed by atoms with Crippen LogP contribution in [-0.4, -0.2) is 44.1 Å². The van der Waals surface area contributed by atoms with Crippen molar-refractivity contribution in [2.24, 2.45) is 0 Å². The molecule has 27 heavy (non-hydrogen) atoms. The van der Waals surface area contributed by atoms with Crippen molar-refractivity contribution in [2.75, 3.05) is 6.54 Å². The molecule has 0 saturated carbocycles. The Kier molecular flexibility index (Phi) is 5.36. The van der Waals surface area contributed by atoms with Crippen LogP contribution in [0.15, 0.2) is 0 Å². The summed E-state index contributed by atoms with van der Waals surface area (Å²) in [5.41, 5.74) is 1.79. The summed E-state index contributed by atoms with van der Waals surface area (Å²) >= 11 is 0. The highest BCUT2D eigenvalue weighted by Gasteiger charge is 2.37. The van der Waals surface area contributed by atoms with E-state index in [4.69, 9.17) is 0 Å². The van der Waals surface area contributed by atoms with E-state index in [1.807, 2.05) is 0 Å². The van der Waals surface area contributed by atoms with Gasteiger partial charge >= 0.3 is 6.18 Å². The summed E-state index contributed by atoms with van der Waals surface area (Å²) < 4.78 is 39.6. The number of carbonyl (C=O) groups excluding carboxylic acids is 1. The van der Waals surface area contributed by atoms with Gasteiger partial charge in [0.1, 0.15) is 0 Å². The third-order valence-electron chi connectivity index (χ3n) is 4.89. The van der Waals surface area contributed by atoms with Crippen molar-refractivity contribution in [2.45, 2.75) is 64.7 Å². The van der Waals surface area contributed by atoms with Crippen LogP contribution in [0.3, 0.4) is 0 Å². The number of alkyl halides is 3. The summed E-state index contributed by atoms with van der Waals surface area (Å²) in [6.45, 7) is 6.33. The molecule has 3 heterocycles. The van der Waals surface area contributed by atoms with Gasteiger partial charge in [-0.25, -0.2) is 9.50 Å². The number of aromatic nitrogens is 4. The van der Waals surface area contributed by atoms with Crippen molar-refractivity contribution in [1.29, 1.82) is 0 Å². The molecule has 1 saturated heterocycles. The van der Waals surface area contributed by atoms with E-state index < -0.39 is 12.0 Å². The van der Waals surface area contributed by atoms with Crippen LogP contribution in [0.25, 0.3) is 5.78 Å². The molecule has 10 heteroatoms. The number of nitrogens with zero attached hydrogens (tertiary/aromatic N) is 4. The van der Waals surface area contributed by atoms with Gasteiger partial charge in [-0.2, -0.15) is 18.2 Å². The van der Waals surface area contributed by atoms with Crippen LogP contribution in [0, 0.1) is 13.8 Å². The number of amides is 1. The first-order valence-corrected chi connectivity index (χ1v) is 8.98. The standard InChI is InChI=1S/C17H23F3N6O/c1-9-8-12(6-7-21-9)23-14(27)5-4-13-10(2)22-16-24-15(17(18,19)20)25-26(16)11(13)3/h9,12,21H,4-8H2,1-3H3,(H,23,27). The second-order valence-electron chi connectivity index (χ2n) is 7.05. The lowest BCUT2D eigenvalue weighted by Crippen LogP contribution is -2.46. The Hall–Kier alpha value is -2.23. The second-order valence-corrected chi connectivity index (χ2v) is 7.05. The van der Waals surface area contributed by atoms with E-state index in [2.05, 4.69) is 32.6 Å². The molecule has 0 aromatic carbocycles. The topological polar surface area (TPSA) is 84.2 Å². The fraction of sp³-hybridized carbons (Fsp3) is 0.647. The number of rotatable bonds is 4. The quantitative estimate of drug-likeness (QED) is 0.842. The van der Waals surface area contributed by atoms with Gasteiger partial charge in [0.25, 0.3) is 11.6 Å². The Morgan fingerprint density at radius 3 is 2.74 bits per heavy atom. The normalized spacial score (nSPS) is 20.8. The van der Waals surface area contributed by atoms with Gasteiger partial charge in [0, 0.05) is 29.9 Å². The molecule has 0 spiro atoms. The van der Waals surface area contributed by atoms with Crippen LogP contribution in [0.1, 0.15) is 49.0 Å². The highest BCUT2D eigenvalue weighted by molar-refractivity contribution is 5.76. The van der Waals surface area contributed by atoms with E-state index >= 15 is 0 Å². The van der Waals surface area contributed by atoms with Gasteiger partial charge in [0.05, 0.1) is 0 Å². The van der Waals surface area contributed by atoms with Gasteiger partial charge in [-0.1, -0.05) is 0 Å². The number of aryl methyl sites for hydroxylation is 2. The number of hydrogen-bond acceptors (Lipinski definition) is 5. The monoisotopic (exact) mass is 384 g/mol. The van der Waals surface area contributed by atoms with Crippen LogP contribution in [0.4, 0.5) is 13.2 Å². The van der Waals surface area contributed by atoms with Crippen LogP contribution < -0.4 is 10.6 Å². The molecule has 2 N–H and O–H groups in total. The number of nitrogens with one attached hydrogen (secondary N) is 2. The highest BCUT2D eigenvalue weighted by Crippen LogP contribution is 2.27. The van der Waals surface area contributed by atoms with Gasteiger partial charge in [0.2, 0.25) is 5.91 Å². The van der Waals surface area contributed by atoms with E-state index in [0.717, 1.165) is 29.5 Å². The van der Waals surface area contributed by atoms with E-state index in [9.17, 15) is 18.0 Å². The molecule has 0 radical (unpaired) electrons. The maximum atomic E-state index is 12.8. The molecule has 2 aromatic rings. The van der Waals surface area contributed by atoms with Crippen molar-refractivity contribution in [3.8, 4) is 0 Å². The zero-order chi connectivity index (χ0) is 19.8. The lowest BCUT2D eigenvalue weighted by atomic mass is 10.00. The van der Waals surface area contributed by atoms with Gasteiger partial charge in [-0.3, -0.25) is 4.79 Å². The average Bonchev–Trinajstić information content (AvgIpc) is 2.99. The molecule has 148 valence electrons. The molecular formula is C17H23F3N6O. The predicted octanol–water partition coefficient (Wildman–Crippen LogP) is 1.95. The maximum Gasteiger partial charge on any atom is 0.453 e. The lowest BCUT2D eigenvalue weighted by molar-refractivity contribution is -0.144. The molecule has 0 aliphatic carbocycles. The van der Waals surface area contributed by atoms with Crippen LogP contribution >= 0.6 is 0 Å². The first-order valence-electron chi connectivity index (χ1n) is 8.98. The van der Waals surface area contributed by atoms with Crippen molar-refractivity contribution in [1.82, 2.24) is 30.2 Å². The molecule has 2 atom stereocenters. The van der Waals surface area contributed by atoms with E-state index in [-0.39, 0.29) is 24.1 Å². The third kappa shape index (κ3) is 4.37. The predicted molar refractivity (Wildman–Crippen MR) is 92.2 cm³/mol. The molecule has 2 aromatic heterocycles. The summed E-state index contributed by atoms with van der Waals surface area (Å²) in [5.74, 6) is -1.37. The smallest absolute Gasteiger partial charge is 0.353 e. The van der Waals surface area contributed by atoms with E-state index in [1.165, 1.54) is 0 Å². The summed E-state index contributed by atoms with van der Waals surface area (Å²) in [5, 5.41) is 9.89. The van der Waals surface area contributed by atoms with Gasteiger partial charge in [-0.05, 0) is 52.1 Å². The Morgan fingerprint density at radius 2 is 2.07 bits per heavy atom. The zero-order valence-electron chi connectivity index (χ0n) is 15.5. The molecule has 7 nitrogen and oxygen atoms in total. The molecule has 1 amide bonds.